The van der Waals surface area contributed by atoms with Gasteiger partial charge < -0.3 is 4.48 Å². The van der Waals surface area contributed by atoms with E-state index in [4.69, 9.17) is 0 Å². The smallest absolute Gasteiger partial charge is 0.0788 e. The van der Waals surface area contributed by atoms with Crippen LogP contribution in [0.4, 0.5) is 0 Å². The third-order valence-electron chi connectivity index (χ3n) is 7.24. The summed E-state index contributed by atoms with van der Waals surface area (Å²) in [6, 6.07) is 0. The summed E-state index contributed by atoms with van der Waals surface area (Å²) in [4.78, 5) is 0. The summed E-state index contributed by atoms with van der Waals surface area (Å²) in [7, 11) is 0. The van der Waals surface area contributed by atoms with Crippen LogP contribution in [0.5, 0.6) is 0 Å². The Hall–Kier alpha value is -0.0400. The fraction of sp³-hybridized carbons (Fsp3) is 1.00. The lowest BCUT2D eigenvalue weighted by molar-refractivity contribution is -0.917. The second-order valence-corrected chi connectivity index (χ2v) is 9.95. The van der Waals surface area contributed by atoms with Crippen LogP contribution in [0, 0.1) is 0 Å². The predicted molar refractivity (Wildman–Crippen MR) is 128 cm³/mol. The van der Waals surface area contributed by atoms with Crippen molar-refractivity contribution in [2.75, 3.05) is 26.2 Å². The highest BCUT2D eigenvalue weighted by molar-refractivity contribution is 4.57. The van der Waals surface area contributed by atoms with Gasteiger partial charge >= 0.3 is 0 Å². The lowest BCUT2D eigenvalue weighted by Crippen LogP contribution is -2.46. The van der Waals surface area contributed by atoms with E-state index in [1.165, 1.54) is 165 Å². The van der Waals surface area contributed by atoms with Crippen molar-refractivity contribution in [3.8, 4) is 0 Å². The van der Waals surface area contributed by atoms with Gasteiger partial charge in [0.2, 0.25) is 0 Å². The van der Waals surface area contributed by atoms with E-state index in [2.05, 4.69) is 13.8 Å². The van der Waals surface area contributed by atoms with E-state index < -0.39 is 0 Å². The Kier molecular flexibility index (Phi) is 17.6. The predicted octanol–water partition coefficient (Wildman–Crippen LogP) is 9.05. The maximum Gasteiger partial charge on any atom is 0.0788 e. The minimum absolute atomic E-state index is 1.37. The van der Waals surface area contributed by atoms with E-state index in [1.807, 2.05) is 0 Å². The summed E-state index contributed by atoms with van der Waals surface area (Å²) >= 11 is 0. The van der Waals surface area contributed by atoms with Gasteiger partial charge in [-0.2, -0.15) is 0 Å². The van der Waals surface area contributed by atoms with Crippen LogP contribution in [-0.4, -0.2) is 30.7 Å². The molecule has 0 unspecified atom stereocenters. The molecule has 1 rings (SSSR count). The number of hydrogen-bond acceptors (Lipinski definition) is 0. The Morgan fingerprint density at radius 3 is 1.00 bits per heavy atom. The zero-order valence-corrected chi connectivity index (χ0v) is 20.1. The van der Waals surface area contributed by atoms with E-state index in [0.717, 1.165) is 0 Å². The molecule has 0 aromatic rings. The van der Waals surface area contributed by atoms with Crippen LogP contribution >= 0.6 is 0 Å². The van der Waals surface area contributed by atoms with Crippen molar-refractivity contribution in [1.82, 2.24) is 0 Å². The lowest BCUT2D eigenvalue weighted by atomic mass is 10.0. The summed E-state index contributed by atoms with van der Waals surface area (Å²) in [5, 5.41) is 0. The van der Waals surface area contributed by atoms with Crippen LogP contribution in [0.25, 0.3) is 0 Å². The molecule has 0 saturated carbocycles. The topological polar surface area (TPSA) is 0 Å². The van der Waals surface area contributed by atoms with Gasteiger partial charge in [-0.3, -0.25) is 0 Å². The normalized spacial score (nSPS) is 16.1. The van der Waals surface area contributed by atoms with Crippen LogP contribution in [0.15, 0.2) is 0 Å². The molecule has 1 aliphatic rings. The molecule has 1 heterocycles. The monoisotopic (exact) mass is 394 g/mol. The van der Waals surface area contributed by atoms with Crippen molar-refractivity contribution in [2.24, 2.45) is 0 Å². The summed E-state index contributed by atoms with van der Waals surface area (Å²) in [5.41, 5.74) is 0. The van der Waals surface area contributed by atoms with Crippen LogP contribution in [-0.2, 0) is 0 Å². The van der Waals surface area contributed by atoms with E-state index in [-0.39, 0.29) is 0 Å². The molecule has 0 bridgehead atoms. The van der Waals surface area contributed by atoms with E-state index in [1.54, 1.807) is 0 Å². The van der Waals surface area contributed by atoms with Crippen LogP contribution in [0.3, 0.4) is 0 Å². The Labute approximate surface area is 179 Å². The highest BCUT2D eigenvalue weighted by atomic mass is 15.4. The molecule has 1 saturated heterocycles. The van der Waals surface area contributed by atoms with Crippen molar-refractivity contribution < 1.29 is 4.48 Å². The van der Waals surface area contributed by atoms with Crippen LogP contribution < -0.4 is 0 Å². The highest BCUT2D eigenvalue weighted by Crippen LogP contribution is 2.23. The first-order valence-electron chi connectivity index (χ1n) is 13.7. The van der Waals surface area contributed by atoms with Crippen molar-refractivity contribution in [1.29, 1.82) is 0 Å². The molecular formula is C27H56N+. The molecule has 0 aliphatic carbocycles. The van der Waals surface area contributed by atoms with Crippen molar-refractivity contribution in [3.63, 3.8) is 0 Å². The van der Waals surface area contributed by atoms with Gasteiger partial charge in [0.15, 0.2) is 0 Å². The zero-order chi connectivity index (χ0) is 20.2. The first-order valence-corrected chi connectivity index (χ1v) is 13.7. The Bertz CT molecular complexity index is 305. The molecule has 0 aromatic heterocycles. The van der Waals surface area contributed by atoms with Gasteiger partial charge in [-0.1, -0.05) is 110 Å². The lowest BCUT2D eigenvalue weighted by Gasteiger charge is -2.34. The summed E-state index contributed by atoms with van der Waals surface area (Å²) in [5.74, 6) is 0. The Morgan fingerprint density at radius 2 is 0.679 bits per heavy atom. The van der Waals surface area contributed by atoms with Crippen LogP contribution in [0.1, 0.15) is 149 Å². The second kappa shape index (κ2) is 19.0. The quantitative estimate of drug-likeness (QED) is 0.134. The first-order chi connectivity index (χ1) is 13.8. The Balaban J connectivity index is 1.89. The molecule has 0 spiro atoms. The van der Waals surface area contributed by atoms with Gasteiger partial charge in [0.05, 0.1) is 26.2 Å². The molecule has 0 aromatic carbocycles. The molecule has 28 heavy (non-hydrogen) atoms. The molecule has 0 atom stereocenters. The maximum atomic E-state index is 2.32. The summed E-state index contributed by atoms with van der Waals surface area (Å²) in [6.07, 6.45) is 30.9. The molecule has 1 nitrogen and oxygen atoms in total. The minimum Gasteiger partial charge on any atom is -0.324 e. The van der Waals surface area contributed by atoms with E-state index in [0.29, 0.717) is 0 Å². The number of nitrogens with zero attached hydrogens (tertiary/aromatic N) is 1. The summed E-state index contributed by atoms with van der Waals surface area (Å²) < 4.78 is 1.49. The fourth-order valence-electron chi connectivity index (χ4n) is 5.26. The largest absolute Gasteiger partial charge is 0.324 e. The van der Waals surface area contributed by atoms with Crippen molar-refractivity contribution in [2.45, 2.75) is 149 Å². The third-order valence-corrected chi connectivity index (χ3v) is 7.24. The SMILES string of the molecule is CCCCCCCCCCCCCCCC[N+]1(CCCCCCC)CCCC1. The van der Waals surface area contributed by atoms with Crippen LogP contribution in [0.2, 0.25) is 0 Å². The fourth-order valence-corrected chi connectivity index (χ4v) is 5.26. The number of likely N-dealkylation sites (tertiary alicyclic amines) is 1. The van der Waals surface area contributed by atoms with Crippen molar-refractivity contribution in [3.05, 3.63) is 0 Å². The number of unbranched alkanes of at least 4 members (excludes halogenated alkanes) is 17. The average molecular weight is 395 g/mol. The van der Waals surface area contributed by atoms with Gasteiger partial charge in [-0.25, -0.2) is 0 Å². The molecule has 1 aliphatic heterocycles. The highest BCUT2D eigenvalue weighted by Gasteiger charge is 2.30. The average Bonchev–Trinajstić information content (AvgIpc) is 3.17. The van der Waals surface area contributed by atoms with Gasteiger partial charge in [0.1, 0.15) is 0 Å². The molecule has 0 N–H and O–H groups in total. The van der Waals surface area contributed by atoms with Gasteiger partial charge in [-0.15, -0.1) is 0 Å². The first kappa shape index (κ1) is 26.0. The van der Waals surface area contributed by atoms with Crippen molar-refractivity contribution >= 4 is 0 Å². The standard InChI is InChI=1S/C27H56N/c1-3-5-7-9-10-11-12-13-14-15-16-17-19-21-25-28(26-22-23-27-28)24-20-18-8-6-4-2/h3-27H2,1-2H3/q+1. The molecular weight excluding hydrogens is 338 g/mol. The molecule has 1 fully saturated rings. The minimum atomic E-state index is 1.37. The van der Waals surface area contributed by atoms with Gasteiger partial charge in [-0.05, 0) is 25.7 Å². The van der Waals surface area contributed by atoms with E-state index >= 15 is 0 Å². The maximum absolute atomic E-state index is 2.32. The molecule has 168 valence electrons. The van der Waals surface area contributed by atoms with Gasteiger partial charge in [0.25, 0.3) is 0 Å². The molecule has 1 heteroatoms. The number of hydrogen-bond donors (Lipinski definition) is 0. The number of rotatable bonds is 21. The second-order valence-electron chi connectivity index (χ2n) is 9.95. The van der Waals surface area contributed by atoms with E-state index in [9.17, 15) is 0 Å². The zero-order valence-electron chi connectivity index (χ0n) is 20.1. The molecule has 0 amide bonds. The summed E-state index contributed by atoms with van der Waals surface area (Å²) in [6.45, 7) is 10.6. The molecule has 0 radical (unpaired) electrons. The third kappa shape index (κ3) is 14.0. The number of quaternary nitrogens is 1. The van der Waals surface area contributed by atoms with Gasteiger partial charge in [0, 0.05) is 12.8 Å². The Morgan fingerprint density at radius 1 is 0.393 bits per heavy atom.